The highest BCUT2D eigenvalue weighted by Gasteiger charge is 2.54. The Bertz CT molecular complexity index is 1040. The van der Waals surface area contributed by atoms with Crippen molar-refractivity contribution in [1.82, 2.24) is 0 Å². The smallest absolute Gasteiger partial charge is 0.229 e. The molecule has 15 atom stereocenters. The molecule has 0 unspecified atom stereocenters. The van der Waals surface area contributed by atoms with Crippen molar-refractivity contribution >= 4 is 5.97 Å². The van der Waals surface area contributed by atoms with Gasteiger partial charge in [0.05, 0.1) is 26.3 Å². The second-order valence-electron chi connectivity index (χ2n) is 10.1. The maximum absolute atomic E-state index is 11.3. The Morgan fingerprint density at radius 2 is 1.14 bits per heavy atom. The Morgan fingerprint density at radius 3 is 1.63 bits per heavy atom. The van der Waals surface area contributed by atoms with E-state index in [1.54, 1.807) is 12.1 Å². The highest BCUT2D eigenvalue weighted by atomic mass is 16.8. The molecule has 0 saturated carbocycles. The molecule has 0 aromatic heterocycles. The molecule has 18 nitrogen and oxygen atoms in total. The molecule has 3 aliphatic heterocycles. The summed E-state index contributed by atoms with van der Waals surface area (Å²) in [4.78, 5) is 11.3. The molecule has 1 aromatic rings. The topological polar surface area (TPSA) is 287 Å². The van der Waals surface area contributed by atoms with Crippen molar-refractivity contribution in [1.29, 1.82) is 0 Å². The van der Waals surface area contributed by atoms with E-state index >= 15 is 0 Å². The Kier molecular flexibility index (Phi) is 11.1. The Morgan fingerprint density at radius 1 is 0.674 bits per heavy atom. The summed E-state index contributed by atoms with van der Waals surface area (Å²) in [5, 5.41) is 105. The van der Waals surface area contributed by atoms with Gasteiger partial charge in [0.25, 0.3) is 0 Å². The van der Waals surface area contributed by atoms with Crippen molar-refractivity contribution in [3.05, 3.63) is 24.3 Å². The summed E-state index contributed by atoms with van der Waals surface area (Å²) in [5.41, 5.74) is 0. The zero-order valence-corrected chi connectivity index (χ0v) is 22.6. The second kappa shape index (κ2) is 14.2. The first-order valence-corrected chi connectivity index (χ1v) is 13.2. The van der Waals surface area contributed by atoms with Gasteiger partial charge in [-0.15, -0.1) is 0 Å². The van der Waals surface area contributed by atoms with E-state index in [4.69, 9.17) is 33.2 Å². The number of carbonyl (C=O) groups excluding carboxylic acids is 1. The summed E-state index contributed by atoms with van der Waals surface area (Å²) in [6, 6.07) is 6.11. The fraction of sp³-hybridized carbons (Fsp3) is 0.720. The van der Waals surface area contributed by atoms with E-state index < -0.39 is 111 Å². The van der Waals surface area contributed by atoms with Crippen molar-refractivity contribution < 1.29 is 89.0 Å². The van der Waals surface area contributed by atoms with Crippen LogP contribution in [-0.4, -0.2) is 164 Å². The van der Waals surface area contributed by atoms with Gasteiger partial charge in [0.15, 0.2) is 12.6 Å². The van der Waals surface area contributed by atoms with Gasteiger partial charge < -0.3 is 89.0 Å². The Hall–Kier alpha value is -2.27. The van der Waals surface area contributed by atoms with Crippen LogP contribution in [0.2, 0.25) is 0 Å². The predicted molar refractivity (Wildman–Crippen MR) is 131 cm³/mol. The molecule has 0 aliphatic carbocycles. The molecule has 4 rings (SSSR count). The quantitative estimate of drug-likeness (QED) is 0.117. The summed E-state index contributed by atoms with van der Waals surface area (Å²) in [7, 11) is 1.46. The van der Waals surface area contributed by atoms with Gasteiger partial charge in [-0.25, -0.2) is 0 Å². The standard InChI is InChI=1S/C25H36O18/c1-37-8-2-4-9(5-3-8)38-24-17(33)19(12(28)10(6-26)39-24)42-25-18(34)20(13(29)11(7-27)40-25)41-23-16(32)14(30)15(31)21(43-23)22(35)36/h2-5,10-21,23-34H,6-7H2,1H3,(H,35,36)/p-1/t10-,11-,12+,13+,14+,15+,16-,17-,18-,19+,20+,21+,23-,24-,25+/m1/s1. The van der Waals surface area contributed by atoms with Gasteiger partial charge in [-0.2, -0.15) is 0 Å². The summed E-state index contributed by atoms with van der Waals surface area (Å²) in [5.74, 6) is -1.24. The number of rotatable bonds is 10. The molecule has 3 fully saturated rings. The molecule has 43 heavy (non-hydrogen) atoms. The van der Waals surface area contributed by atoms with Crippen molar-refractivity contribution in [2.75, 3.05) is 20.3 Å². The van der Waals surface area contributed by atoms with E-state index in [1.165, 1.54) is 19.2 Å². The third-order valence-corrected chi connectivity index (χ3v) is 7.34. The van der Waals surface area contributed by atoms with Gasteiger partial charge in [0.2, 0.25) is 6.29 Å². The van der Waals surface area contributed by atoms with Gasteiger partial charge in [-0.3, -0.25) is 0 Å². The molecular weight excluding hydrogens is 588 g/mol. The van der Waals surface area contributed by atoms with E-state index in [1.807, 2.05) is 0 Å². The molecular formula is C25H35O18-. The summed E-state index contributed by atoms with van der Waals surface area (Å²) >= 11 is 0. The van der Waals surface area contributed by atoms with Crippen LogP contribution in [0.5, 0.6) is 11.5 Å². The lowest BCUT2D eigenvalue weighted by atomic mass is 9.96. The fourth-order valence-corrected chi connectivity index (χ4v) is 4.89. The number of aliphatic carboxylic acids is 1. The zero-order chi connectivity index (χ0) is 31.6. The van der Waals surface area contributed by atoms with Crippen LogP contribution in [0, 0.1) is 0 Å². The molecule has 3 aliphatic rings. The number of hydrogen-bond acceptors (Lipinski definition) is 18. The maximum atomic E-state index is 11.3. The van der Waals surface area contributed by atoms with Gasteiger partial charge in [-0.05, 0) is 24.3 Å². The number of aliphatic hydroxyl groups excluding tert-OH is 9. The lowest BCUT2D eigenvalue weighted by Crippen LogP contribution is -2.67. The number of carboxylic acids is 1. The third-order valence-electron chi connectivity index (χ3n) is 7.34. The molecule has 0 bridgehead atoms. The average Bonchev–Trinajstić information content (AvgIpc) is 2.99. The summed E-state index contributed by atoms with van der Waals surface area (Å²) < 4.78 is 37.7. The van der Waals surface area contributed by atoms with Crippen LogP contribution in [0.3, 0.4) is 0 Å². The lowest BCUT2D eigenvalue weighted by Gasteiger charge is -2.48. The molecule has 0 radical (unpaired) electrons. The first-order chi connectivity index (χ1) is 20.4. The number of hydrogen-bond donors (Lipinski definition) is 9. The first-order valence-electron chi connectivity index (χ1n) is 13.2. The van der Waals surface area contributed by atoms with Crippen LogP contribution in [-0.2, 0) is 28.5 Å². The molecule has 18 heteroatoms. The molecule has 244 valence electrons. The van der Waals surface area contributed by atoms with E-state index in [-0.39, 0.29) is 5.75 Å². The number of carboxylic acid groups (broad SMARTS) is 1. The third kappa shape index (κ3) is 7.02. The molecule has 0 amide bonds. The number of carbonyl (C=O) groups is 1. The normalized spacial score (nSPS) is 43.6. The summed E-state index contributed by atoms with van der Waals surface area (Å²) in [6.45, 7) is -1.63. The second-order valence-corrected chi connectivity index (χ2v) is 10.1. The van der Waals surface area contributed by atoms with Crippen molar-refractivity contribution in [3.8, 4) is 11.5 Å². The highest BCUT2D eigenvalue weighted by molar-refractivity contribution is 5.71. The molecule has 3 heterocycles. The molecule has 0 spiro atoms. The predicted octanol–water partition coefficient (Wildman–Crippen LogP) is -6.72. The summed E-state index contributed by atoms with van der Waals surface area (Å²) in [6.07, 6.45) is -27.7. The van der Waals surface area contributed by atoms with E-state index in [0.717, 1.165) is 0 Å². The average molecular weight is 624 g/mol. The fourth-order valence-electron chi connectivity index (χ4n) is 4.89. The van der Waals surface area contributed by atoms with E-state index in [9.17, 15) is 55.9 Å². The van der Waals surface area contributed by atoms with E-state index in [2.05, 4.69) is 0 Å². The highest BCUT2D eigenvalue weighted by Crippen LogP contribution is 2.33. The van der Waals surface area contributed by atoms with Crippen LogP contribution >= 0.6 is 0 Å². The van der Waals surface area contributed by atoms with Crippen LogP contribution in [0.1, 0.15) is 0 Å². The van der Waals surface area contributed by atoms with Crippen molar-refractivity contribution in [3.63, 3.8) is 0 Å². The van der Waals surface area contributed by atoms with E-state index in [0.29, 0.717) is 5.75 Å². The van der Waals surface area contributed by atoms with Gasteiger partial charge in [0, 0.05) is 0 Å². The maximum Gasteiger partial charge on any atom is 0.229 e. The largest absolute Gasteiger partial charge is 0.547 e. The minimum atomic E-state index is -2.16. The van der Waals surface area contributed by atoms with Crippen LogP contribution in [0.15, 0.2) is 24.3 Å². The van der Waals surface area contributed by atoms with Gasteiger partial charge in [-0.1, -0.05) is 0 Å². The first kappa shape index (κ1) is 33.6. The number of methoxy groups -OCH3 is 1. The van der Waals surface area contributed by atoms with Crippen molar-refractivity contribution in [2.24, 2.45) is 0 Å². The monoisotopic (exact) mass is 623 g/mol. The SMILES string of the molecule is COc1ccc(O[C@@H]2O[C@H](CO)[C@H](O)[C@H](O[C@@H]3O[C@H](CO)[C@H](O)[C@H](O[C@@H]4O[C@H](C(=O)[O-])[C@@H](O)[C@H](O)[C@H]4O)[C@H]3O)[C@H]2O)cc1. The Labute approximate surface area is 243 Å². The molecule has 1 aromatic carbocycles. The van der Waals surface area contributed by atoms with Gasteiger partial charge >= 0.3 is 0 Å². The number of aliphatic hydroxyl groups is 9. The van der Waals surface area contributed by atoms with Crippen LogP contribution < -0.4 is 14.6 Å². The molecule has 3 saturated heterocycles. The minimum absolute atomic E-state index is 0.204. The Balaban J connectivity index is 1.52. The number of ether oxygens (including phenoxy) is 7. The zero-order valence-electron chi connectivity index (χ0n) is 22.6. The van der Waals surface area contributed by atoms with Crippen LogP contribution in [0.25, 0.3) is 0 Å². The van der Waals surface area contributed by atoms with Crippen molar-refractivity contribution in [2.45, 2.75) is 92.1 Å². The minimum Gasteiger partial charge on any atom is -0.547 e. The van der Waals surface area contributed by atoms with Crippen LogP contribution in [0.4, 0.5) is 0 Å². The van der Waals surface area contributed by atoms with Gasteiger partial charge in [0.1, 0.15) is 84.7 Å². The number of benzene rings is 1. The lowest BCUT2D eigenvalue weighted by molar-refractivity contribution is -0.383. The molecule has 9 N–H and O–H groups in total.